The van der Waals surface area contributed by atoms with E-state index < -0.39 is 0 Å². The molecule has 13 heavy (non-hydrogen) atoms. The summed E-state index contributed by atoms with van der Waals surface area (Å²) in [5, 5.41) is 3.94. The number of aldehydes is 1. The van der Waals surface area contributed by atoms with Crippen LogP contribution in [0.4, 0.5) is 0 Å². The van der Waals surface area contributed by atoms with Crippen molar-refractivity contribution in [2.75, 3.05) is 0 Å². The van der Waals surface area contributed by atoms with Gasteiger partial charge in [-0.1, -0.05) is 6.07 Å². The first-order chi connectivity index (χ1) is 6.33. The Morgan fingerprint density at radius 3 is 3.00 bits per heavy atom. The maximum atomic E-state index is 11.4. The number of carbonyl (C=O) groups excluding carboxylic acids is 1. The normalized spacial score (nSPS) is 10.5. The largest absolute Gasteiger partial charge is 0.350 e. The van der Waals surface area contributed by atoms with Crippen molar-refractivity contribution in [3.63, 3.8) is 0 Å². The van der Waals surface area contributed by atoms with E-state index in [2.05, 4.69) is 5.10 Å². The van der Waals surface area contributed by atoms with Gasteiger partial charge in [-0.3, -0.25) is 4.40 Å². The van der Waals surface area contributed by atoms with Crippen LogP contribution in [0.1, 0.15) is 0 Å². The van der Waals surface area contributed by atoms with Crippen LogP contribution in [0, 0.1) is 0 Å². The number of hydrogen-bond donors (Lipinski definition) is 0. The second kappa shape index (κ2) is 2.85. The lowest BCUT2D eigenvalue weighted by Crippen LogP contribution is -2.21. The van der Waals surface area contributed by atoms with Crippen molar-refractivity contribution in [3.8, 4) is 0 Å². The van der Waals surface area contributed by atoms with Crippen molar-refractivity contribution in [1.82, 2.24) is 14.2 Å². The van der Waals surface area contributed by atoms with Crippen LogP contribution in [0.2, 0.25) is 0 Å². The Bertz CT molecular complexity index is 497. The van der Waals surface area contributed by atoms with Gasteiger partial charge in [-0.25, -0.2) is 9.48 Å². The molecule has 0 saturated heterocycles. The lowest BCUT2D eigenvalue weighted by molar-refractivity contribution is -0.108. The lowest BCUT2D eigenvalue weighted by Gasteiger charge is -1.85. The zero-order valence-electron chi connectivity index (χ0n) is 6.75. The first kappa shape index (κ1) is 7.72. The first-order valence-corrected chi connectivity index (χ1v) is 3.81. The van der Waals surface area contributed by atoms with Crippen LogP contribution in [-0.2, 0) is 11.3 Å². The number of hydrogen-bond acceptors (Lipinski definition) is 3. The Hall–Kier alpha value is -1.91. The van der Waals surface area contributed by atoms with Crippen molar-refractivity contribution in [3.05, 3.63) is 34.9 Å². The highest BCUT2D eigenvalue weighted by Gasteiger charge is 2.03. The molecule has 0 radical (unpaired) electrons. The molecule has 0 fully saturated rings. The highest BCUT2D eigenvalue weighted by molar-refractivity contribution is 5.49. The Morgan fingerprint density at radius 1 is 1.46 bits per heavy atom. The standard InChI is InChI=1S/C8H7N3O2/c12-6-5-11-8(13)10-4-2-1-3-7(10)9-11/h1-4,6H,5H2. The molecule has 0 aliphatic rings. The SMILES string of the molecule is O=CCn1nc2ccccn2c1=O. The smallest absolute Gasteiger partial charge is 0.301 e. The summed E-state index contributed by atoms with van der Waals surface area (Å²) >= 11 is 0. The molecule has 0 aliphatic heterocycles. The molecule has 2 aromatic rings. The summed E-state index contributed by atoms with van der Waals surface area (Å²) < 4.78 is 2.52. The molecule has 5 heteroatoms. The molecule has 5 nitrogen and oxygen atoms in total. The number of rotatable bonds is 2. The summed E-state index contributed by atoms with van der Waals surface area (Å²) in [7, 11) is 0. The minimum absolute atomic E-state index is 0.000509. The molecule has 0 aliphatic carbocycles. The number of nitrogens with zero attached hydrogens (tertiary/aromatic N) is 3. The number of aromatic nitrogens is 3. The van der Waals surface area contributed by atoms with Gasteiger partial charge in [0.2, 0.25) is 0 Å². The van der Waals surface area contributed by atoms with Gasteiger partial charge in [0, 0.05) is 6.20 Å². The molecular formula is C8H7N3O2. The Labute approximate surface area is 73.2 Å². The van der Waals surface area contributed by atoms with Crippen molar-refractivity contribution in [1.29, 1.82) is 0 Å². The van der Waals surface area contributed by atoms with Crippen molar-refractivity contribution in [2.24, 2.45) is 0 Å². The molecule has 0 unspecified atom stereocenters. The quantitative estimate of drug-likeness (QED) is 0.591. The zero-order chi connectivity index (χ0) is 9.26. The fourth-order valence-corrected chi connectivity index (χ4v) is 1.16. The molecule has 0 spiro atoms. The van der Waals surface area contributed by atoms with E-state index in [1.807, 2.05) is 0 Å². The van der Waals surface area contributed by atoms with Gasteiger partial charge in [0.05, 0.1) is 0 Å². The second-order valence-corrected chi connectivity index (χ2v) is 2.56. The minimum Gasteiger partial charge on any atom is -0.301 e. The third-order valence-corrected chi connectivity index (χ3v) is 1.74. The molecule has 0 atom stereocenters. The Morgan fingerprint density at radius 2 is 2.31 bits per heavy atom. The highest BCUT2D eigenvalue weighted by atomic mass is 16.2. The zero-order valence-corrected chi connectivity index (χ0v) is 6.75. The van der Waals surface area contributed by atoms with Crippen molar-refractivity contribution < 1.29 is 4.79 Å². The van der Waals surface area contributed by atoms with Crippen LogP contribution in [0.15, 0.2) is 29.2 Å². The van der Waals surface area contributed by atoms with E-state index in [4.69, 9.17) is 0 Å². The average molecular weight is 177 g/mol. The maximum absolute atomic E-state index is 11.4. The van der Waals surface area contributed by atoms with Crippen LogP contribution in [0.5, 0.6) is 0 Å². The molecule has 2 aromatic heterocycles. The summed E-state index contributed by atoms with van der Waals surface area (Å²) in [5.74, 6) is 0. The summed E-state index contributed by atoms with van der Waals surface area (Å²) in [6, 6.07) is 5.23. The summed E-state index contributed by atoms with van der Waals surface area (Å²) in [6.07, 6.45) is 2.26. The lowest BCUT2D eigenvalue weighted by atomic mass is 10.5. The molecule has 2 rings (SSSR count). The van der Waals surface area contributed by atoms with Gasteiger partial charge in [0.15, 0.2) is 5.65 Å². The van der Waals surface area contributed by atoms with E-state index in [0.29, 0.717) is 11.9 Å². The summed E-state index contributed by atoms with van der Waals surface area (Å²) in [6.45, 7) is 0.000509. The van der Waals surface area contributed by atoms with E-state index in [1.54, 1.807) is 24.4 Å². The minimum atomic E-state index is -0.289. The van der Waals surface area contributed by atoms with Crippen LogP contribution in [-0.4, -0.2) is 20.5 Å². The van der Waals surface area contributed by atoms with Crippen LogP contribution < -0.4 is 5.69 Å². The summed E-state index contributed by atoms with van der Waals surface area (Å²) in [4.78, 5) is 21.6. The fourth-order valence-electron chi connectivity index (χ4n) is 1.16. The van der Waals surface area contributed by atoms with Crippen LogP contribution in [0.25, 0.3) is 5.65 Å². The molecular weight excluding hydrogens is 170 g/mol. The number of carbonyl (C=O) groups is 1. The fraction of sp³-hybridized carbons (Fsp3) is 0.125. The van der Waals surface area contributed by atoms with E-state index in [9.17, 15) is 9.59 Å². The topological polar surface area (TPSA) is 56.4 Å². The maximum Gasteiger partial charge on any atom is 0.350 e. The Balaban J connectivity index is 2.74. The molecule has 0 bridgehead atoms. The average Bonchev–Trinajstić information content (AvgIpc) is 2.46. The predicted molar refractivity (Wildman–Crippen MR) is 45.5 cm³/mol. The van der Waals surface area contributed by atoms with Gasteiger partial charge >= 0.3 is 5.69 Å². The van der Waals surface area contributed by atoms with Gasteiger partial charge in [-0.05, 0) is 12.1 Å². The monoisotopic (exact) mass is 177 g/mol. The van der Waals surface area contributed by atoms with E-state index in [1.165, 1.54) is 4.40 Å². The molecule has 2 heterocycles. The molecule has 0 amide bonds. The highest BCUT2D eigenvalue weighted by Crippen LogP contribution is 1.93. The van der Waals surface area contributed by atoms with Gasteiger partial charge in [-0.15, -0.1) is 5.10 Å². The predicted octanol–water partition coefficient (Wildman–Crippen LogP) is -0.305. The molecule has 0 N–H and O–H groups in total. The van der Waals surface area contributed by atoms with Crippen molar-refractivity contribution >= 4 is 11.9 Å². The van der Waals surface area contributed by atoms with Gasteiger partial charge in [0.25, 0.3) is 0 Å². The van der Waals surface area contributed by atoms with E-state index in [-0.39, 0.29) is 12.2 Å². The van der Waals surface area contributed by atoms with Gasteiger partial charge < -0.3 is 4.79 Å². The number of pyridine rings is 1. The van der Waals surface area contributed by atoms with Crippen LogP contribution >= 0.6 is 0 Å². The molecule has 0 saturated carbocycles. The number of fused-ring (bicyclic) bond motifs is 1. The van der Waals surface area contributed by atoms with Crippen LogP contribution in [0.3, 0.4) is 0 Å². The van der Waals surface area contributed by atoms with Gasteiger partial charge in [-0.2, -0.15) is 0 Å². The third-order valence-electron chi connectivity index (χ3n) is 1.74. The molecule has 0 aromatic carbocycles. The summed E-state index contributed by atoms with van der Waals surface area (Å²) in [5.41, 5.74) is 0.261. The third kappa shape index (κ3) is 1.14. The van der Waals surface area contributed by atoms with E-state index in [0.717, 1.165) is 4.68 Å². The second-order valence-electron chi connectivity index (χ2n) is 2.56. The Kier molecular flexibility index (Phi) is 1.70. The first-order valence-electron chi connectivity index (χ1n) is 3.81. The van der Waals surface area contributed by atoms with Gasteiger partial charge in [0.1, 0.15) is 12.8 Å². The molecule has 66 valence electrons. The van der Waals surface area contributed by atoms with Crippen molar-refractivity contribution in [2.45, 2.75) is 6.54 Å². The van der Waals surface area contributed by atoms with E-state index >= 15 is 0 Å².